The van der Waals surface area contributed by atoms with Crippen LogP contribution in [0.2, 0.25) is 0 Å². The largest absolute Gasteiger partial charge is 0.544 e. The molecule has 8 heteroatoms. The number of hydrogen-bond donors (Lipinski definition) is 0. The number of carboxylic acid groups (broad SMARTS) is 1. The van der Waals surface area contributed by atoms with Crippen molar-refractivity contribution in [3.8, 4) is 0 Å². The Morgan fingerprint density at radius 2 is 0.824 bits per heavy atom. The van der Waals surface area contributed by atoms with Crippen molar-refractivity contribution in [3.05, 3.63) is 85.1 Å². The molecule has 2 atom stereocenters. The average Bonchev–Trinajstić information content (AvgIpc) is 3.30. The predicted molar refractivity (Wildman–Crippen MR) is 286 cm³/mol. The molecule has 0 fully saturated rings. The SMILES string of the molecule is CC/C=C/C/C=C/C/C=C/C/C=C/C/C=C/CCCCCCCCC(=O)OCC(COCCC(C(=O)[O-])[N+](C)(C)C)OC(=O)CCCCCCCCC/C=C/C/C=C/CCCCCCCCCC. The van der Waals surface area contributed by atoms with Crippen LogP contribution in [0.1, 0.15) is 226 Å². The van der Waals surface area contributed by atoms with Crippen LogP contribution in [-0.2, 0) is 28.6 Å². The molecule has 0 heterocycles. The summed E-state index contributed by atoms with van der Waals surface area (Å²) in [5, 5.41) is 11.7. The number of ether oxygens (including phenoxy) is 3. The molecule has 68 heavy (non-hydrogen) atoms. The Bertz CT molecular complexity index is 1380. The Morgan fingerprint density at radius 3 is 1.22 bits per heavy atom. The molecular formula is C60H103NO7. The second kappa shape index (κ2) is 49.9. The van der Waals surface area contributed by atoms with E-state index in [1.165, 1.54) is 96.3 Å². The third-order valence-corrected chi connectivity index (χ3v) is 12.0. The van der Waals surface area contributed by atoms with Gasteiger partial charge in [0.15, 0.2) is 6.10 Å². The molecule has 0 aliphatic carbocycles. The second-order valence-corrected chi connectivity index (χ2v) is 19.4. The maximum absolute atomic E-state index is 12.8. The number of carbonyl (C=O) groups excluding carboxylic acids is 3. The molecule has 0 bridgehead atoms. The average molecular weight is 950 g/mol. The molecule has 2 unspecified atom stereocenters. The van der Waals surface area contributed by atoms with E-state index in [1.807, 2.05) is 0 Å². The van der Waals surface area contributed by atoms with Gasteiger partial charge < -0.3 is 28.6 Å². The summed E-state index contributed by atoms with van der Waals surface area (Å²) in [6.45, 7) is 4.54. The smallest absolute Gasteiger partial charge is 0.306 e. The van der Waals surface area contributed by atoms with Gasteiger partial charge in [0.25, 0.3) is 0 Å². The first-order chi connectivity index (χ1) is 33.1. The number of carbonyl (C=O) groups is 3. The van der Waals surface area contributed by atoms with E-state index >= 15 is 0 Å². The summed E-state index contributed by atoms with van der Waals surface area (Å²) < 4.78 is 17.3. The fraction of sp³-hybridized carbons (Fsp3) is 0.717. The van der Waals surface area contributed by atoms with Gasteiger partial charge in [-0.1, -0.05) is 202 Å². The number of aliphatic carboxylic acids is 1. The Labute approximate surface area is 418 Å². The third kappa shape index (κ3) is 47.6. The highest BCUT2D eigenvalue weighted by Crippen LogP contribution is 2.14. The van der Waals surface area contributed by atoms with Crippen molar-refractivity contribution in [2.45, 2.75) is 238 Å². The highest BCUT2D eigenvalue weighted by molar-refractivity contribution is 5.70. The molecule has 0 saturated carbocycles. The predicted octanol–water partition coefficient (Wildman–Crippen LogP) is 15.1. The summed E-state index contributed by atoms with van der Waals surface area (Å²) in [7, 11) is 5.41. The van der Waals surface area contributed by atoms with Crippen LogP contribution in [0.3, 0.4) is 0 Å². The topological polar surface area (TPSA) is 102 Å². The van der Waals surface area contributed by atoms with Crippen LogP contribution >= 0.6 is 0 Å². The van der Waals surface area contributed by atoms with E-state index < -0.39 is 18.1 Å². The summed E-state index contributed by atoms with van der Waals surface area (Å²) in [6.07, 6.45) is 66.2. The standard InChI is InChI=1S/C60H103NO7/c1-6-8-10-12-14-16-18-20-22-24-26-28-30-32-34-36-38-40-42-44-46-48-50-58(62)67-55-56(54-66-53-52-57(60(64)65)61(3,4)5)68-59(63)51-49-47-45-43-41-39-37-35-33-31-29-27-25-23-21-19-17-15-13-11-9-7-2/h8,10,14,16,20,22,25-28,31-34,56-57H,6-7,9,11-13,15,17-19,21,23-24,29-30,35-55H2,1-5H3/b10-8+,16-14+,22-20+,27-25+,28-26+,33-31+,34-32+. The van der Waals surface area contributed by atoms with Crippen LogP contribution in [0.5, 0.6) is 0 Å². The highest BCUT2D eigenvalue weighted by atomic mass is 16.6. The van der Waals surface area contributed by atoms with Gasteiger partial charge in [-0.15, -0.1) is 0 Å². The summed E-state index contributed by atoms with van der Waals surface area (Å²) in [5.74, 6) is -1.77. The highest BCUT2D eigenvalue weighted by Gasteiger charge is 2.25. The molecule has 0 saturated heterocycles. The number of carboxylic acids is 1. The summed E-state index contributed by atoms with van der Waals surface area (Å²) in [4.78, 5) is 37.1. The van der Waals surface area contributed by atoms with E-state index in [-0.39, 0.29) is 42.7 Å². The van der Waals surface area contributed by atoms with Gasteiger partial charge in [0, 0.05) is 19.3 Å². The Kier molecular flexibility index (Phi) is 47.4. The molecule has 0 aliphatic rings. The van der Waals surface area contributed by atoms with Crippen molar-refractivity contribution < 1.29 is 38.2 Å². The van der Waals surface area contributed by atoms with Gasteiger partial charge in [0.2, 0.25) is 0 Å². The van der Waals surface area contributed by atoms with Crippen LogP contribution < -0.4 is 5.11 Å². The van der Waals surface area contributed by atoms with Crippen molar-refractivity contribution in [2.24, 2.45) is 0 Å². The van der Waals surface area contributed by atoms with E-state index in [1.54, 1.807) is 21.1 Å². The van der Waals surface area contributed by atoms with Crippen LogP contribution in [0.4, 0.5) is 0 Å². The molecule has 0 spiro atoms. The molecule has 0 aromatic rings. The molecule has 0 amide bonds. The fourth-order valence-corrected chi connectivity index (χ4v) is 7.78. The zero-order valence-corrected chi connectivity index (χ0v) is 44.5. The first kappa shape index (κ1) is 64.5. The third-order valence-electron chi connectivity index (χ3n) is 12.0. The van der Waals surface area contributed by atoms with Crippen molar-refractivity contribution in [3.63, 3.8) is 0 Å². The molecule has 8 nitrogen and oxygen atoms in total. The summed E-state index contributed by atoms with van der Waals surface area (Å²) >= 11 is 0. The molecule has 390 valence electrons. The number of rotatable bonds is 49. The van der Waals surface area contributed by atoms with E-state index in [9.17, 15) is 19.5 Å². The maximum atomic E-state index is 12.8. The van der Waals surface area contributed by atoms with Gasteiger partial charge in [0.1, 0.15) is 12.6 Å². The first-order valence-electron chi connectivity index (χ1n) is 27.6. The fourth-order valence-electron chi connectivity index (χ4n) is 7.78. The summed E-state index contributed by atoms with van der Waals surface area (Å²) in [5.41, 5.74) is 0. The molecule has 0 aromatic heterocycles. The first-order valence-corrected chi connectivity index (χ1v) is 27.6. The van der Waals surface area contributed by atoms with Crippen LogP contribution in [0.25, 0.3) is 0 Å². The zero-order chi connectivity index (χ0) is 49.9. The lowest BCUT2D eigenvalue weighted by Gasteiger charge is -2.34. The van der Waals surface area contributed by atoms with Crippen molar-refractivity contribution in [1.82, 2.24) is 0 Å². The van der Waals surface area contributed by atoms with E-state index in [4.69, 9.17) is 14.2 Å². The van der Waals surface area contributed by atoms with Crippen LogP contribution in [-0.4, -0.2) is 75.5 Å². The van der Waals surface area contributed by atoms with Gasteiger partial charge >= 0.3 is 11.9 Å². The number of esters is 2. The molecule has 0 aromatic carbocycles. The van der Waals surface area contributed by atoms with Gasteiger partial charge in [-0.05, 0) is 89.9 Å². The molecular weight excluding hydrogens is 847 g/mol. The Morgan fingerprint density at radius 1 is 0.456 bits per heavy atom. The maximum Gasteiger partial charge on any atom is 0.306 e. The second-order valence-electron chi connectivity index (χ2n) is 19.4. The number of nitrogens with zero attached hydrogens (tertiary/aromatic N) is 1. The number of allylic oxidation sites excluding steroid dienone is 14. The zero-order valence-electron chi connectivity index (χ0n) is 44.5. The van der Waals surface area contributed by atoms with E-state index in [2.05, 4.69) is 98.9 Å². The number of hydrogen-bond acceptors (Lipinski definition) is 7. The Balaban J connectivity index is 4.27. The Hall–Kier alpha value is -3.49. The van der Waals surface area contributed by atoms with Gasteiger partial charge in [-0.3, -0.25) is 9.59 Å². The minimum Gasteiger partial charge on any atom is -0.544 e. The van der Waals surface area contributed by atoms with E-state index in [0.29, 0.717) is 12.8 Å². The molecule has 0 N–H and O–H groups in total. The summed E-state index contributed by atoms with van der Waals surface area (Å²) in [6, 6.07) is -0.735. The lowest BCUT2D eigenvalue weighted by Crippen LogP contribution is -2.55. The van der Waals surface area contributed by atoms with Crippen LogP contribution in [0.15, 0.2) is 85.1 Å². The van der Waals surface area contributed by atoms with Gasteiger partial charge in [-0.25, -0.2) is 0 Å². The molecule has 0 rings (SSSR count). The molecule has 0 radical (unpaired) electrons. The van der Waals surface area contributed by atoms with Gasteiger partial charge in [-0.2, -0.15) is 0 Å². The van der Waals surface area contributed by atoms with E-state index in [0.717, 1.165) is 96.3 Å². The minimum atomic E-state index is -1.13. The van der Waals surface area contributed by atoms with Crippen molar-refractivity contribution in [1.29, 1.82) is 0 Å². The monoisotopic (exact) mass is 950 g/mol. The minimum absolute atomic E-state index is 0.0286. The number of likely N-dealkylation sites (N-methyl/N-ethyl adjacent to an activating group) is 1. The normalized spacial score (nSPS) is 13.5. The molecule has 0 aliphatic heterocycles. The number of unbranched alkanes of at least 4 members (excludes halogenated alkanes) is 21. The van der Waals surface area contributed by atoms with Crippen molar-refractivity contribution >= 4 is 17.9 Å². The van der Waals surface area contributed by atoms with Crippen LogP contribution in [0, 0.1) is 0 Å². The lowest BCUT2D eigenvalue weighted by atomic mass is 10.1. The quantitative estimate of drug-likeness (QED) is 0.0259. The lowest BCUT2D eigenvalue weighted by molar-refractivity contribution is -0.889. The van der Waals surface area contributed by atoms with Crippen molar-refractivity contribution in [2.75, 3.05) is 41.0 Å². The van der Waals surface area contributed by atoms with Gasteiger partial charge in [0.05, 0.1) is 40.3 Å². The number of quaternary nitrogens is 1.